The van der Waals surface area contributed by atoms with Crippen LogP contribution in [-0.4, -0.2) is 12.5 Å². The van der Waals surface area contributed by atoms with Gasteiger partial charge in [0.25, 0.3) is 5.91 Å². The molecule has 4 heteroatoms. The number of fused-ring (bicyclic) bond motifs is 4. The summed E-state index contributed by atoms with van der Waals surface area (Å²) < 4.78 is 5.93. The Hall–Kier alpha value is -4.05. The molecule has 2 heterocycles. The fourth-order valence-corrected chi connectivity index (χ4v) is 4.56. The molecule has 5 aromatic rings. The van der Waals surface area contributed by atoms with Crippen LogP contribution in [0.3, 0.4) is 0 Å². The van der Waals surface area contributed by atoms with E-state index < -0.39 is 0 Å². The summed E-state index contributed by atoms with van der Waals surface area (Å²) in [6.07, 6.45) is 1.09. The van der Waals surface area contributed by atoms with Crippen LogP contribution in [0, 0.1) is 0 Å². The molecule has 0 bridgehead atoms. The van der Waals surface area contributed by atoms with E-state index in [0.717, 1.165) is 47.1 Å². The summed E-state index contributed by atoms with van der Waals surface area (Å²) >= 11 is 0. The van der Waals surface area contributed by atoms with Crippen molar-refractivity contribution < 1.29 is 9.21 Å². The van der Waals surface area contributed by atoms with Gasteiger partial charge < -0.3 is 14.6 Å². The second-order valence-corrected chi connectivity index (χ2v) is 8.26. The molecule has 0 unspecified atom stereocenters. The molecule has 4 aromatic carbocycles. The van der Waals surface area contributed by atoms with Crippen LogP contribution >= 0.6 is 0 Å². The topological polar surface area (TPSA) is 45.5 Å². The summed E-state index contributed by atoms with van der Waals surface area (Å²) in [6.45, 7) is 1.88. The van der Waals surface area contributed by atoms with E-state index in [2.05, 4.69) is 34.5 Å². The summed E-state index contributed by atoms with van der Waals surface area (Å²) in [6, 6.07) is 30.2. The molecule has 32 heavy (non-hydrogen) atoms. The van der Waals surface area contributed by atoms with Crippen molar-refractivity contribution in [2.45, 2.75) is 13.0 Å². The number of amides is 1. The molecule has 0 fully saturated rings. The Kier molecular flexibility index (Phi) is 4.43. The number of carbonyl (C=O) groups is 1. The lowest BCUT2D eigenvalue weighted by Crippen LogP contribution is -2.19. The molecule has 0 aliphatic carbocycles. The van der Waals surface area contributed by atoms with Crippen molar-refractivity contribution in [1.29, 1.82) is 0 Å². The molecule has 4 nitrogen and oxygen atoms in total. The van der Waals surface area contributed by atoms with Gasteiger partial charge in [-0.3, -0.25) is 4.79 Å². The molecule has 6 rings (SSSR count). The molecule has 0 atom stereocenters. The molecule has 1 N–H and O–H groups in total. The third kappa shape index (κ3) is 3.30. The van der Waals surface area contributed by atoms with Gasteiger partial charge in [-0.15, -0.1) is 0 Å². The average Bonchev–Trinajstić information content (AvgIpc) is 3.40. The number of nitrogens with one attached hydrogen (secondary N) is 1. The van der Waals surface area contributed by atoms with Gasteiger partial charge in [0.1, 0.15) is 11.2 Å². The quantitative estimate of drug-likeness (QED) is 0.367. The highest BCUT2D eigenvalue weighted by Gasteiger charge is 2.18. The van der Waals surface area contributed by atoms with Crippen molar-refractivity contribution in [3.63, 3.8) is 0 Å². The van der Waals surface area contributed by atoms with Gasteiger partial charge in [0.05, 0.1) is 0 Å². The standard InChI is InChI=1S/C28H22N2O2/c31-28(29-22-13-14-24-23-6-2-4-8-26(23)32-27(24)17-22)21-11-9-19(10-12-21)18-30-16-15-20-5-1-3-7-25(20)30/h1-14,17H,15-16,18H2,(H,29,31). The normalized spacial score (nSPS) is 12.9. The number of furan rings is 1. The van der Waals surface area contributed by atoms with Crippen molar-refractivity contribution in [2.75, 3.05) is 16.8 Å². The van der Waals surface area contributed by atoms with Crippen molar-refractivity contribution in [3.8, 4) is 0 Å². The van der Waals surface area contributed by atoms with E-state index in [9.17, 15) is 4.79 Å². The van der Waals surface area contributed by atoms with Crippen LogP contribution in [0.25, 0.3) is 21.9 Å². The Morgan fingerprint density at radius 3 is 2.53 bits per heavy atom. The number of hydrogen-bond acceptors (Lipinski definition) is 3. The molecular weight excluding hydrogens is 396 g/mol. The van der Waals surface area contributed by atoms with Gasteiger partial charge in [0, 0.05) is 46.9 Å². The van der Waals surface area contributed by atoms with E-state index in [4.69, 9.17) is 4.42 Å². The highest BCUT2D eigenvalue weighted by atomic mass is 16.3. The number of para-hydroxylation sites is 2. The van der Waals surface area contributed by atoms with Crippen molar-refractivity contribution in [1.82, 2.24) is 0 Å². The smallest absolute Gasteiger partial charge is 0.255 e. The van der Waals surface area contributed by atoms with E-state index >= 15 is 0 Å². The Labute approximate surface area is 186 Å². The van der Waals surface area contributed by atoms with E-state index in [1.165, 1.54) is 16.8 Å². The second kappa shape index (κ2) is 7.57. The van der Waals surface area contributed by atoms with Gasteiger partial charge in [-0.25, -0.2) is 0 Å². The Balaban J connectivity index is 1.17. The van der Waals surface area contributed by atoms with Gasteiger partial charge in [0.15, 0.2) is 0 Å². The number of carbonyl (C=O) groups excluding carboxylic acids is 1. The maximum Gasteiger partial charge on any atom is 0.255 e. The molecule has 0 radical (unpaired) electrons. The van der Waals surface area contributed by atoms with Crippen LogP contribution in [0.2, 0.25) is 0 Å². The number of benzene rings is 4. The van der Waals surface area contributed by atoms with Crippen LogP contribution < -0.4 is 10.2 Å². The van der Waals surface area contributed by atoms with Crippen molar-refractivity contribution in [2.24, 2.45) is 0 Å². The molecule has 0 spiro atoms. The van der Waals surface area contributed by atoms with Crippen LogP contribution in [0.15, 0.2) is 95.4 Å². The monoisotopic (exact) mass is 418 g/mol. The molecule has 156 valence electrons. The van der Waals surface area contributed by atoms with Crippen molar-refractivity contribution in [3.05, 3.63) is 108 Å². The molecule has 1 amide bonds. The first-order chi connectivity index (χ1) is 15.7. The maximum atomic E-state index is 12.8. The zero-order valence-electron chi connectivity index (χ0n) is 17.5. The molecule has 1 aromatic heterocycles. The first kappa shape index (κ1) is 18.7. The molecule has 0 saturated carbocycles. The summed E-state index contributed by atoms with van der Waals surface area (Å²) in [7, 11) is 0. The van der Waals surface area contributed by atoms with Gasteiger partial charge in [-0.1, -0.05) is 48.5 Å². The minimum Gasteiger partial charge on any atom is -0.456 e. The van der Waals surface area contributed by atoms with E-state index in [0.29, 0.717) is 5.56 Å². The first-order valence-corrected chi connectivity index (χ1v) is 10.9. The van der Waals surface area contributed by atoms with Gasteiger partial charge >= 0.3 is 0 Å². The SMILES string of the molecule is O=C(Nc1ccc2c(c1)oc1ccccc12)c1ccc(CN2CCc3ccccc32)cc1. The molecular formula is C28H22N2O2. The number of nitrogens with zero attached hydrogens (tertiary/aromatic N) is 1. The summed E-state index contributed by atoms with van der Waals surface area (Å²) in [5, 5.41) is 5.12. The zero-order chi connectivity index (χ0) is 21.5. The fraction of sp³-hybridized carbons (Fsp3) is 0.107. The van der Waals surface area contributed by atoms with Crippen molar-refractivity contribution >= 4 is 39.2 Å². The fourth-order valence-electron chi connectivity index (χ4n) is 4.56. The molecule has 1 aliphatic rings. The first-order valence-electron chi connectivity index (χ1n) is 10.9. The molecule has 1 aliphatic heterocycles. The van der Waals surface area contributed by atoms with Crippen LogP contribution in [0.1, 0.15) is 21.5 Å². The number of hydrogen-bond donors (Lipinski definition) is 1. The lowest BCUT2D eigenvalue weighted by molar-refractivity contribution is 0.102. The average molecular weight is 418 g/mol. The predicted octanol–water partition coefficient (Wildman–Crippen LogP) is 6.40. The highest BCUT2D eigenvalue weighted by molar-refractivity contribution is 6.08. The van der Waals surface area contributed by atoms with Crippen LogP contribution in [-0.2, 0) is 13.0 Å². The summed E-state index contributed by atoms with van der Waals surface area (Å²) in [5.41, 5.74) is 6.90. The predicted molar refractivity (Wildman–Crippen MR) is 129 cm³/mol. The summed E-state index contributed by atoms with van der Waals surface area (Å²) in [5.74, 6) is -0.126. The third-order valence-electron chi connectivity index (χ3n) is 6.21. The third-order valence-corrected chi connectivity index (χ3v) is 6.21. The van der Waals surface area contributed by atoms with Crippen LogP contribution in [0.4, 0.5) is 11.4 Å². The van der Waals surface area contributed by atoms with Gasteiger partial charge in [0.2, 0.25) is 0 Å². The summed E-state index contributed by atoms with van der Waals surface area (Å²) in [4.78, 5) is 15.2. The lowest BCUT2D eigenvalue weighted by Gasteiger charge is -2.19. The van der Waals surface area contributed by atoms with E-state index in [1.54, 1.807) is 0 Å². The minimum absolute atomic E-state index is 0.126. The van der Waals surface area contributed by atoms with Gasteiger partial charge in [-0.05, 0) is 53.9 Å². The largest absolute Gasteiger partial charge is 0.456 e. The Bertz CT molecular complexity index is 1450. The number of rotatable bonds is 4. The van der Waals surface area contributed by atoms with Gasteiger partial charge in [-0.2, -0.15) is 0 Å². The van der Waals surface area contributed by atoms with E-state index in [-0.39, 0.29) is 5.91 Å². The highest BCUT2D eigenvalue weighted by Crippen LogP contribution is 2.31. The Morgan fingerprint density at radius 1 is 0.844 bits per heavy atom. The minimum atomic E-state index is -0.126. The Morgan fingerprint density at radius 2 is 1.62 bits per heavy atom. The second-order valence-electron chi connectivity index (χ2n) is 8.26. The lowest BCUT2D eigenvalue weighted by atomic mass is 10.1. The van der Waals surface area contributed by atoms with E-state index in [1.807, 2.05) is 66.7 Å². The van der Waals surface area contributed by atoms with Crippen LogP contribution in [0.5, 0.6) is 0 Å². The molecule has 0 saturated heterocycles. The maximum absolute atomic E-state index is 12.8. The number of anilines is 2. The zero-order valence-corrected chi connectivity index (χ0v) is 17.5.